The minimum Gasteiger partial charge on any atom is -0.385 e. The average molecular weight is 473 g/mol. The van der Waals surface area contributed by atoms with Crippen LogP contribution < -0.4 is 16.0 Å². The van der Waals surface area contributed by atoms with Crippen molar-refractivity contribution in [2.24, 2.45) is 0 Å². The van der Waals surface area contributed by atoms with E-state index in [0.717, 1.165) is 22.3 Å². The Hall–Kier alpha value is -2.88. The average Bonchev–Trinajstić information content (AvgIpc) is 3.38. The third kappa shape index (κ3) is 5.05. The molecule has 2 heterocycles. The van der Waals surface area contributed by atoms with Crippen molar-refractivity contribution in [2.75, 3.05) is 32.1 Å². The third-order valence-corrected chi connectivity index (χ3v) is 7.08. The number of urea groups is 1. The number of hydrogen-bond acceptors (Lipinski definition) is 5. The number of ether oxygens (including phenoxy) is 1. The summed E-state index contributed by atoms with van der Waals surface area (Å²) >= 11 is 1.40. The summed E-state index contributed by atoms with van der Waals surface area (Å²) in [6.07, 6.45) is 0.504. The molecule has 3 aromatic rings. The van der Waals surface area contributed by atoms with Crippen LogP contribution in [0.3, 0.4) is 0 Å². The van der Waals surface area contributed by atoms with Crippen LogP contribution in [0, 0.1) is 18.6 Å². The molecule has 2 atom stereocenters. The van der Waals surface area contributed by atoms with Crippen LogP contribution in [0.25, 0.3) is 10.6 Å². The molecule has 3 N–H and O–H groups in total. The van der Waals surface area contributed by atoms with E-state index in [9.17, 15) is 13.6 Å². The highest BCUT2D eigenvalue weighted by Crippen LogP contribution is 2.36. The van der Waals surface area contributed by atoms with Gasteiger partial charge in [-0.2, -0.15) is 0 Å². The van der Waals surface area contributed by atoms with Gasteiger partial charge in [-0.15, -0.1) is 0 Å². The number of amides is 2. The number of thiazole rings is 1. The van der Waals surface area contributed by atoms with Gasteiger partial charge in [0.25, 0.3) is 0 Å². The number of aromatic nitrogens is 1. The Bertz CT molecular complexity index is 1120. The lowest BCUT2D eigenvalue weighted by atomic mass is 9.79. The number of nitrogens with zero attached hydrogens (tertiary/aromatic N) is 1. The lowest BCUT2D eigenvalue weighted by molar-refractivity contribution is 0.155. The number of carbonyl (C=O) groups is 1. The summed E-state index contributed by atoms with van der Waals surface area (Å²) in [6.45, 7) is 3.25. The van der Waals surface area contributed by atoms with Crippen molar-refractivity contribution >= 4 is 22.4 Å². The van der Waals surface area contributed by atoms with Crippen LogP contribution in [0.4, 0.5) is 18.6 Å². The monoisotopic (exact) mass is 472 g/mol. The predicted molar refractivity (Wildman–Crippen MR) is 126 cm³/mol. The van der Waals surface area contributed by atoms with Gasteiger partial charge in [0.2, 0.25) is 0 Å². The fourth-order valence-corrected chi connectivity index (χ4v) is 5.21. The standard InChI is InChI=1S/C24H26F2N4O2S/c1-15-21(33-22(28-15)16-6-4-3-5-7-16)29-23(31)30-24(10-11-32-2)14-27-13-18(24)17-8-9-19(25)20(26)12-17/h3-9,12,18,27H,10-11,13-14H2,1-2H3,(H2,29,30,31)/t18-,24+/m0/s1. The largest absolute Gasteiger partial charge is 0.385 e. The van der Waals surface area contributed by atoms with E-state index in [1.165, 1.54) is 17.4 Å². The molecule has 2 amide bonds. The zero-order valence-electron chi connectivity index (χ0n) is 18.5. The van der Waals surface area contributed by atoms with Crippen LogP contribution >= 0.6 is 11.3 Å². The van der Waals surface area contributed by atoms with Crippen molar-refractivity contribution in [1.29, 1.82) is 0 Å². The topological polar surface area (TPSA) is 75.3 Å². The molecule has 4 rings (SSSR count). The SMILES string of the molecule is COCC[C@@]1(NC(=O)Nc2sc(-c3ccccc3)nc2C)CNC[C@H]1c1ccc(F)c(F)c1. The number of hydrogen-bond donors (Lipinski definition) is 3. The molecule has 0 radical (unpaired) electrons. The van der Waals surface area contributed by atoms with E-state index in [4.69, 9.17) is 4.74 Å². The zero-order chi connectivity index (χ0) is 23.4. The van der Waals surface area contributed by atoms with Crippen LogP contribution in [-0.2, 0) is 4.74 Å². The maximum Gasteiger partial charge on any atom is 0.320 e. The van der Waals surface area contributed by atoms with E-state index in [-0.39, 0.29) is 11.9 Å². The van der Waals surface area contributed by atoms with Crippen LogP contribution in [0.2, 0.25) is 0 Å². The molecule has 33 heavy (non-hydrogen) atoms. The van der Waals surface area contributed by atoms with Gasteiger partial charge >= 0.3 is 6.03 Å². The van der Waals surface area contributed by atoms with Gasteiger partial charge in [-0.3, -0.25) is 5.32 Å². The number of carbonyl (C=O) groups excluding carboxylic acids is 1. The van der Waals surface area contributed by atoms with E-state index < -0.39 is 17.2 Å². The Morgan fingerprint density at radius 3 is 2.76 bits per heavy atom. The first kappa shape index (κ1) is 23.3. The second-order valence-corrected chi connectivity index (χ2v) is 9.13. The molecule has 1 fully saturated rings. The molecule has 0 aliphatic carbocycles. The van der Waals surface area contributed by atoms with Gasteiger partial charge in [-0.25, -0.2) is 18.6 Å². The maximum atomic E-state index is 13.9. The Labute approximate surface area is 195 Å². The molecule has 0 spiro atoms. The van der Waals surface area contributed by atoms with Crippen molar-refractivity contribution < 1.29 is 18.3 Å². The van der Waals surface area contributed by atoms with E-state index in [1.54, 1.807) is 13.2 Å². The second-order valence-electron chi connectivity index (χ2n) is 8.13. The first-order chi connectivity index (χ1) is 15.9. The van der Waals surface area contributed by atoms with Gasteiger partial charge in [0.05, 0.1) is 11.2 Å². The molecule has 1 saturated heterocycles. The Balaban J connectivity index is 1.55. The van der Waals surface area contributed by atoms with Gasteiger partial charge in [-0.1, -0.05) is 47.7 Å². The van der Waals surface area contributed by atoms with E-state index in [2.05, 4.69) is 20.9 Å². The number of benzene rings is 2. The summed E-state index contributed by atoms with van der Waals surface area (Å²) < 4.78 is 32.7. The first-order valence-electron chi connectivity index (χ1n) is 10.7. The summed E-state index contributed by atoms with van der Waals surface area (Å²) in [5, 5.41) is 10.8. The molecule has 6 nitrogen and oxygen atoms in total. The van der Waals surface area contributed by atoms with Crippen LogP contribution in [-0.4, -0.2) is 43.4 Å². The molecule has 0 saturated carbocycles. The number of anilines is 1. The van der Waals surface area contributed by atoms with Crippen LogP contribution in [0.5, 0.6) is 0 Å². The lowest BCUT2D eigenvalue weighted by Crippen LogP contribution is -2.55. The highest BCUT2D eigenvalue weighted by molar-refractivity contribution is 7.19. The predicted octanol–water partition coefficient (Wildman–Crippen LogP) is 4.68. The summed E-state index contributed by atoms with van der Waals surface area (Å²) in [6, 6.07) is 13.3. The molecule has 9 heteroatoms. The molecular weight excluding hydrogens is 446 g/mol. The van der Waals surface area contributed by atoms with Gasteiger partial charge in [-0.05, 0) is 31.0 Å². The van der Waals surface area contributed by atoms with Crippen LogP contribution in [0.15, 0.2) is 48.5 Å². The van der Waals surface area contributed by atoms with E-state index in [1.807, 2.05) is 37.3 Å². The Kier molecular flexibility index (Phi) is 7.02. The molecule has 1 aromatic heterocycles. The van der Waals surface area contributed by atoms with Crippen molar-refractivity contribution in [3.63, 3.8) is 0 Å². The quantitative estimate of drug-likeness (QED) is 0.467. The summed E-state index contributed by atoms with van der Waals surface area (Å²) in [5.74, 6) is -2.05. The Morgan fingerprint density at radius 2 is 2.03 bits per heavy atom. The smallest absolute Gasteiger partial charge is 0.320 e. The maximum absolute atomic E-state index is 13.9. The first-order valence-corrected chi connectivity index (χ1v) is 11.5. The Morgan fingerprint density at radius 1 is 1.24 bits per heavy atom. The molecule has 0 bridgehead atoms. The van der Waals surface area contributed by atoms with E-state index >= 15 is 0 Å². The van der Waals surface area contributed by atoms with Crippen molar-refractivity contribution in [3.8, 4) is 10.6 Å². The minimum absolute atomic E-state index is 0.254. The normalized spacial score (nSPS) is 20.1. The molecule has 0 unspecified atom stereocenters. The van der Waals surface area contributed by atoms with E-state index in [0.29, 0.717) is 36.7 Å². The van der Waals surface area contributed by atoms with Gasteiger partial charge in [0, 0.05) is 38.3 Å². The van der Waals surface area contributed by atoms with Gasteiger partial charge < -0.3 is 15.4 Å². The molecular formula is C24H26F2N4O2S. The third-order valence-electron chi connectivity index (χ3n) is 5.96. The fourth-order valence-electron chi connectivity index (χ4n) is 4.24. The van der Waals surface area contributed by atoms with Crippen molar-refractivity contribution in [1.82, 2.24) is 15.6 Å². The highest BCUT2D eigenvalue weighted by Gasteiger charge is 2.45. The number of rotatable bonds is 7. The van der Waals surface area contributed by atoms with Gasteiger partial charge in [0.15, 0.2) is 11.6 Å². The molecule has 1 aliphatic heterocycles. The van der Waals surface area contributed by atoms with Crippen molar-refractivity contribution in [3.05, 3.63) is 71.4 Å². The number of halogens is 2. The summed E-state index contributed by atoms with van der Waals surface area (Å²) in [5.41, 5.74) is 1.59. The van der Waals surface area contributed by atoms with Crippen molar-refractivity contribution in [2.45, 2.75) is 24.8 Å². The fraction of sp³-hybridized carbons (Fsp3) is 0.333. The summed E-state index contributed by atoms with van der Waals surface area (Å²) in [4.78, 5) is 17.7. The number of aryl methyl sites for hydroxylation is 1. The minimum atomic E-state index is -0.904. The number of methoxy groups -OCH3 is 1. The lowest BCUT2D eigenvalue weighted by Gasteiger charge is -2.36. The molecule has 2 aromatic carbocycles. The number of nitrogens with one attached hydrogen (secondary N) is 3. The molecule has 174 valence electrons. The van der Waals surface area contributed by atoms with Crippen LogP contribution in [0.1, 0.15) is 23.6 Å². The molecule has 1 aliphatic rings. The summed E-state index contributed by atoms with van der Waals surface area (Å²) in [7, 11) is 1.59. The zero-order valence-corrected chi connectivity index (χ0v) is 19.3. The van der Waals surface area contributed by atoms with Gasteiger partial charge in [0.1, 0.15) is 10.0 Å². The second kappa shape index (κ2) is 9.94. The highest BCUT2D eigenvalue weighted by atomic mass is 32.1.